The van der Waals surface area contributed by atoms with E-state index < -0.39 is 15.7 Å². The smallest absolute Gasteiger partial charge is 0.339 e. The average molecular weight is 364 g/mol. The van der Waals surface area contributed by atoms with Gasteiger partial charge in [0.25, 0.3) is 0 Å². The highest BCUT2D eigenvalue weighted by Crippen LogP contribution is 2.42. The molecule has 2 aromatic carbocycles. The van der Waals surface area contributed by atoms with Gasteiger partial charge in [-0.05, 0) is 38.1 Å². The van der Waals surface area contributed by atoms with Crippen molar-refractivity contribution >= 4 is 21.7 Å². The molecule has 0 saturated heterocycles. The molecule has 3 rings (SSSR count). The molecule has 1 heterocycles. The molecular weight excluding hydrogens is 350 g/mol. The van der Waals surface area contributed by atoms with Crippen LogP contribution in [0.2, 0.25) is 5.02 Å². The highest BCUT2D eigenvalue weighted by Gasteiger charge is 2.33. The van der Waals surface area contributed by atoms with Gasteiger partial charge in [-0.1, -0.05) is 23.7 Å². The lowest BCUT2D eigenvalue weighted by Crippen LogP contribution is -2.24. The number of halogens is 1. The van der Waals surface area contributed by atoms with E-state index in [2.05, 4.69) is 0 Å². The largest absolute Gasteiger partial charge is 0.483 e. The first-order chi connectivity index (χ1) is 11.2. The Morgan fingerprint density at radius 3 is 2.71 bits per heavy atom. The Bertz CT molecular complexity index is 961. The number of fused-ring (bicyclic) bond motifs is 1. The fraction of sp³-hybridized carbons (Fsp3) is 0.235. The second-order valence-electron chi connectivity index (χ2n) is 6.07. The summed E-state index contributed by atoms with van der Waals surface area (Å²) in [6.07, 6.45) is 0.669. The SMILES string of the molecule is CC1(C)Cc2cccc(OS(=O)(=O)c3ccc(C#N)c(Cl)c3)c2O1. The van der Waals surface area contributed by atoms with Gasteiger partial charge < -0.3 is 8.92 Å². The molecule has 1 aliphatic heterocycles. The van der Waals surface area contributed by atoms with Crippen LogP contribution in [-0.2, 0) is 16.5 Å². The summed E-state index contributed by atoms with van der Waals surface area (Å²) in [6, 6.07) is 10.8. The van der Waals surface area contributed by atoms with Crippen molar-refractivity contribution in [3.63, 3.8) is 0 Å². The Kier molecular flexibility index (Phi) is 3.94. The van der Waals surface area contributed by atoms with Crippen molar-refractivity contribution in [1.29, 1.82) is 5.26 Å². The lowest BCUT2D eigenvalue weighted by Gasteiger charge is -2.18. The van der Waals surface area contributed by atoms with Crippen LogP contribution in [0.1, 0.15) is 25.0 Å². The van der Waals surface area contributed by atoms with Gasteiger partial charge in [0.05, 0.1) is 10.6 Å². The Morgan fingerprint density at radius 1 is 1.29 bits per heavy atom. The minimum Gasteiger partial charge on any atom is -0.483 e. The fourth-order valence-electron chi connectivity index (χ4n) is 2.56. The van der Waals surface area contributed by atoms with Crippen LogP contribution < -0.4 is 8.92 Å². The standard InChI is InChI=1S/C17H14ClNO4S/c1-17(2)9-11-4-3-5-15(16(11)22-17)23-24(20,21)13-7-6-12(10-19)14(18)8-13/h3-8H,9H2,1-2H3. The fourth-order valence-corrected chi connectivity index (χ4v) is 3.81. The van der Waals surface area contributed by atoms with Crippen LogP contribution >= 0.6 is 11.6 Å². The summed E-state index contributed by atoms with van der Waals surface area (Å²) >= 11 is 5.90. The van der Waals surface area contributed by atoms with E-state index in [0.29, 0.717) is 12.2 Å². The third-order valence-electron chi connectivity index (χ3n) is 3.60. The van der Waals surface area contributed by atoms with Crippen molar-refractivity contribution in [3.8, 4) is 17.6 Å². The average Bonchev–Trinajstić information content (AvgIpc) is 2.82. The summed E-state index contributed by atoms with van der Waals surface area (Å²) < 4.78 is 36.1. The van der Waals surface area contributed by atoms with E-state index in [4.69, 9.17) is 25.8 Å². The van der Waals surface area contributed by atoms with Gasteiger partial charge in [-0.2, -0.15) is 13.7 Å². The van der Waals surface area contributed by atoms with Crippen LogP contribution in [0.3, 0.4) is 0 Å². The molecular formula is C17H14ClNO4S. The molecule has 0 spiro atoms. The summed E-state index contributed by atoms with van der Waals surface area (Å²) in [5, 5.41) is 8.92. The molecule has 0 saturated carbocycles. The van der Waals surface area contributed by atoms with Gasteiger partial charge in [-0.15, -0.1) is 0 Å². The molecule has 2 aromatic rings. The number of benzene rings is 2. The third kappa shape index (κ3) is 3.05. The monoisotopic (exact) mass is 363 g/mol. The number of nitrogens with zero attached hydrogens (tertiary/aromatic N) is 1. The number of ether oxygens (including phenoxy) is 1. The molecule has 1 aliphatic rings. The van der Waals surface area contributed by atoms with Gasteiger partial charge >= 0.3 is 10.1 Å². The molecule has 124 valence electrons. The lowest BCUT2D eigenvalue weighted by atomic mass is 10.0. The minimum atomic E-state index is -4.09. The quantitative estimate of drug-likeness (QED) is 0.777. The Labute approximate surface area is 145 Å². The van der Waals surface area contributed by atoms with Crippen molar-refractivity contribution in [2.24, 2.45) is 0 Å². The first kappa shape index (κ1) is 16.6. The van der Waals surface area contributed by atoms with Crippen molar-refractivity contribution < 1.29 is 17.3 Å². The van der Waals surface area contributed by atoms with Crippen molar-refractivity contribution in [2.45, 2.75) is 30.8 Å². The molecule has 0 amide bonds. The van der Waals surface area contributed by atoms with Crippen LogP contribution in [0.4, 0.5) is 0 Å². The highest BCUT2D eigenvalue weighted by atomic mass is 35.5. The molecule has 0 aliphatic carbocycles. The molecule has 24 heavy (non-hydrogen) atoms. The maximum atomic E-state index is 12.5. The first-order valence-corrected chi connectivity index (χ1v) is 8.95. The first-order valence-electron chi connectivity index (χ1n) is 7.17. The normalized spacial score (nSPS) is 15.2. The summed E-state index contributed by atoms with van der Waals surface area (Å²) in [7, 11) is -4.09. The van der Waals surface area contributed by atoms with E-state index >= 15 is 0 Å². The molecule has 0 N–H and O–H groups in total. The number of hydrogen-bond donors (Lipinski definition) is 0. The van der Waals surface area contributed by atoms with E-state index in [-0.39, 0.29) is 21.2 Å². The third-order valence-corrected chi connectivity index (χ3v) is 5.15. The van der Waals surface area contributed by atoms with E-state index in [1.54, 1.807) is 12.1 Å². The molecule has 0 fully saturated rings. The van der Waals surface area contributed by atoms with Crippen LogP contribution in [0.25, 0.3) is 0 Å². The Balaban J connectivity index is 1.96. The van der Waals surface area contributed by atoms with Gasteiger partial charge in [0.2, 0.25) is 0 Å². The van der Waals surface area contributed by atoms with Gasteiger partial charge in [-0.3, -0.25) is 0 Å². The summed E-state index contributed by atoms with van der Waals surface area (Å²) in [4.78, 5) is -0.124. The van der Waals surface area contributed by atoms with Crippen molar-refractivity contribution in [1.82, 2.24) is 0 Å². The van der Waals surface area contributed by atoms with Crippen molar-refractivity contribution in [3.05, 3.63) is 52.5 Å². The van der Waals surface area contributed by atoms with E-state index in [0.717, 1.165) is 5.56 Å². The highest BCUT2D eigenvalue weighted by molar-refractivity contribution is 7.87. The van der Waals surface area contributed by atoms with Gasteiger partial charge in [0.15, 0.2) is 11.5 Å². The summed E-state index contributed by atoms with van der Waals surface area (Å²) in [5.41, 5.74) is 0.676. The molecule has 5 nitrogen and oxygen atoms in total. The van der Waals surface area contributed by atoms with E-state index in [9.17, 15) is 8.42 Å². The van der Waals surface area contributed by atoms with Gasteiger partial charge in [0, 0.05) is 12.0 Å². The zero-order valence-electron chi connectivity index (χ0n) is 13.0. The van der Waals surface area contributed by atoms with Crippen LogP contribution in [-0.4, -0.2) is 14.0 Å². The Morgan fingerprint density at radius 2 is 2.04 bits per heavy atom. The molecule has 0 radical (unpaired) electrons. The maximum absolute atomic E-state index is 12.5. The predicted octanol–water partition coefficient (Wildman–Crippen LogP) is 3.69. The zero-order chi connectivity index (χ0) is 17.5. The van der Waals surface area contributed by atoms with Crippen LogP contribution in [0.5, 0.6) is 11.5 Å². The summed E-state index contributed by atoms with van der Waals surface area (Å²) in [5.74, 6) is 0.573. The molecule has 0 bridgehead atoms. The lowest BCUT2D eigenvalue weighted by molar-refractivity contribution is 0.136. The van der Waals surface area contributed by atoms with E-state index in [1.165, 1.54) is 18.2 Å². The van der Waals surface area contributed by atoms with Gasteiger partial charge in [-0.25, -0.2) is 0 Å². The second kappa shape index (κ2) is 5.69. The number of para-hydroxylation sites is 1. The van der Waals surface area contributed by atoms with Crippen molar-refractivity contribution in [2.75, 3.05) is 0 Å². The number of nitriles is 1. The molecule has 7 heteroatoms. The second-order valence-corrected chi connectivity index (χ2v) is 8.03. The molecule has 0 aromatic heterocycles. The maximum Gasteiger partial charge on any atom is 0.339 e. The molecule has 0 unspecified atom stereocenters. The van der Waals surface area contributed by atoms with E-state index in [1.807, 2.05) is 26.0 Å². The van der Waals surface area contributed by atoms with Gasteiger partial charge in [0.1, 0.15) is 16.6 Å². The predicted molar refractivity (Wildman–Crippen MR) is 88.8 cm³/mol. The topological polar surface area (TPSA) is 76.4 Å². The molecule has 0 atom stereocenters. The summed E-state index contributed by atoms with van der Waals surface area (Å²) in [6.45, 7) is 3.84. The van der Waals surface area contributed by atoms with Crippen LogP contribution in [0.15, 0.2) is 41.3 Å². The van der Waals surface area contributed by atoms with Crippen LogP contribution in [0, 0.1) is 11.3 Å². The minimum absolute atomic E-state index is 0.0536. The number of hydrogen-bond acceptors (Lipinski definition) is 5. The zero-order valence-corrected chi connectivity index (χ0v) is 14.6. The Hall–Kier alpha value is -2.23. The number of rotatable bonds is 3.